The molecule has 2 N–H and O–H groups in total. The van der Waals surface area contributed by atoms with E-state index in [1.165, 1.54) is 6.21 Å². The number of carbonyl (C=O) groups excluding carboxylic acids is 2. The number of anilines is 1. The number of para-hydroxylation sites is 1. The Morgan fingerprint density at radius 2 is 1.70 bits per heavy atom. The number of nitrogens with one attached hydrogen (secondary N) is 2. The van der Waals surface area contributed by atoms with E-state index in [4.69, 9.17) is 4.74 Å². The molecule has 0 aliphatic carbocycles. The Balaban J connectivity index is 1.76. The molecule has 0 unspecified atom stereocenters. The van der Waals surface area contributed by atoms with E-state index in [0.29, 0.717) is 18.0 Å². The molecule has 0 fully saturated rings. The minimum absolute atomic E-state index is 0.573. The number of nitrogens with zero attached hydrogens (tertiary/aromatic N) is 1. The fraction of sp³-hybridized carbons (Fsp3) is 0.208. The van der Waals surface area contributed by atoms with Gasteiger partial charge >= 0.3 is 11.8 Å². The molecule has 6 nitrogen and oxygen atoms in total. The van der Waals surface area contributed by atoms with Crippen LogP contribution >= 0.6 is 0 Å². The van der Waals surface area contributed by atoms with Gasteiger partial charge in [0.15, 0.2) is 0 Å². The van der Waals surface area contributed by atoms with Crippen LogP contribution in [0.2, 0.25) is 0 Å². The zero-order valence-electron chi connectivity index (χ0n) is 17.4. The second-order valence-electron chi connectivity index (χ2n) is 6.97. The minimum Gasteiger partial charge on any atom is -0.493 e. The van der Waals surface area contributed by atoms with Crippen LogP contribution in [-0.2, 0) is 9.59 Å². The number of hydrogen-bond donors (Lipinski definition) is 2. The number of hydrogen-bond acceptors (Lipinski definition) is 4. The van der Waals surface area contributed by atoms with Crippen molar-refractivity contribution in [2.75, 3.05) is 11.9 Å². The average Bonchev–Trinajstić information content (AvgIpc) is 2.75. The summed E-state index contributed by atoms with van der Waals surface area (Å²) in [6, 6.07) is 17.3. The van der Waals surface area contributed by atoms with Gasteiger partial charge in [0.05, 0.1) is 12.8 Å². The van der Waals surface area contributed by atoms with Gasteiger partial charge in [0.2, 0.25) is 0 Å². The fourth-order valence-corrected chi connectivity index (χ4v) is 3.13. The third kappa shape index (κ3) is 4.84. The van der Waals surface area contributed by atoms with Gasteiger partial charge < -0.3 is 10.1 Å². The van der Waals surface area contributed by atoms with Crippen molar-refractivity contribution in [2.45, 2.75) is 27.2 Å². The summed E-state index contributed by atoms with van der Waals surface area (Å²) in [6.45, 7) is 6.35. The Kier molecular flexibility index (Phi) is 6.80. The average molecular weight is 403 g/mol. The van der Waals surface area contributed by atoms with Crippen LogP contribution in [0.25, 0.3) is 10.8 Å². The zero-order valence-corrected chi connectivity index (χ0v) is 17.4. The van der Waals surface area contributed by atoms with Crippen LogP contribution in [0, 0.1) is 13.8 Å². The Morgan fingerprint density at radius 1 is 0.967 bits per heavy atom. The molecule has 0 aliphatic rings. The summed E-state index contributed by atoms with van der Waals surface area (Å²) in [7, 11) is 0. The van der Waals surface area contributed by atoms with Crippen molar-refractivity contribution >= 4 is 34.5 Å². The van der Waals surface area contributed by atoms with E-state index in [9.17, 15) is 9.59 Å². The quantitative estimate of drug-likeness (QED) is 0.365. The summed E-state index contributed by atoms with van der Waals surface area (Å²) in [4.78, 5) is 24.5. The van der Waals surface area contributed by atoms with Crippen LogP contribution < -0.4 is 15.5 Å². The first-order valence-corrected chi connectivity index (χ1v) is 9.86. The van der Waals surface area contributed by atoms with E-state index in [0.717, 1.165) is 33.9 Å². The van der Waals surface area contributed by atoms with Crippen LogP contribution in [0.1, 0.15) is 30.0 Å². The molecule has 3 rings (SSSR count). The van der Waals surface area contributed by atoms with Crippen molar-refractivity contribution in [3.05, 3.63) is 71.3 Å². The van der Waals surface area contributed by atoms with Gasteiger partial charge in [-0.05, 0) is 48.2 Å². The topological polar surface area (TPSA) is 79.8 Å². The number of fused-ring (bicyclic) bond motifs is 1. The number of ether oxygens (including phenoxy) is 1. The summed E-state index contributed by atoms with van der Waals surface area (Å²) in [5.74, 6) is -0.941. The maximum atomic E-state index is 12.3. The van der Waals surface area contributed by atoms with Crippen molar-refractivity contribution < 1.29 is 14.3 Å². The highest BCUT2D eigenvalue weighted by Crippen LogP contribution is 2.27. The highest BCUT2D eigenvalue weighted by Gasteiger charge is 2.15. The normalized spacial score (nSPS) is 10.9. The predicted octanol–water partition coefficient (Wildman–Crippen LogP) is 4.33. The Morgan fingerprint density at radius 3 is 2.43 bits per heavy atom. The smallest absolute Gasteiger partial charge is 0.329 e. The fourth-order valence-electron chi connectivity index (χ4n) is 3.13. The molecule has 0 radical (unpaired) electrons. The highest BCUT2D eigenvalue weighted by atomic mass is 16.5. The minimum atomic E-state index is -0.842. The molecule has 0 aliphatic heterocycles. The first-order valence-electron chi connectivity index (χ1n) is 9.86. The van der Waals surface area contributed by atoms with E-state index < -0.39 is 11.8 Å². The molecule has 30 heavy (non-hydrogen) atoms. The lowest BCUT2D eigenvalue weighted by molar-refractivity contribution is -0.136. The molecule has 0 spiro atoms. The molecular formula is C24H25N3O3. The number of amides is 2. The summed E-state index contributed by atoms with van der Waals surface area (Å²) >= 11 is 0. The van der Waals surface area contributed by atoms with Crippen LogP contribution in [0.5, 0.6) is 5.75 Å². The molecule has 0 atom stereocenters. The van der Waals surface area contributed by atoms with Crippen LogP contribution in [-0.4, -0.2) is 24.6 Å². The molecule has 3 aromatic carbocycles. The largest absolute Gasteiger partial charge is 0.493 e. The van der Waals surface area contributed by atoms with E-state index >= 15 is 0 Å². The third-order valence-electron chi connectivity index (χ3n) is 4.68. The van der Waals surface area contributed by atoms with Gasteiger partial charge in [0, 0.05) is 11.3 Å². The molecule has 6 heteroatoms. The van der Waals surface area contributed by atoms with Crippen LogP contribution in [0.15, 0.2) is 59.7 Å². The first kappa shape index (κ1) is 21.0. The Hall–Kier alpha value is -3.67. The molecule has 0 aromatic heterocycles. The van der Waals surface area contributed by atoms with Crippen molar-refractivity contribution in [3.63, 3.8) is 0 Å². The van der Waals surface area contributed by atoms with Crippen molar-refractivity contribution in [1.82, 2.24) is 5.43 Å². The molecule has 154 valence electrons. The highest BCUT2D eigenvalue weighted by molar-refractivity contribution is 6.39. The SMILES string of the molecule is CCCOc1ccc2ccccc2c1/C=N\NC(=O)C(=O)Nc1c(C)cccc1C. The number of hydrazone groups is 1. The van der Waals surface area contributed by atoms with Gasteiger partial charge in [-0.3, -0.25) is 9.59 Å². The number of carbonyl (C=O) groups is 2. The lowest BCUT2D eigenvalue weighted by atomic mass is 10.0. The summed E-state index contributed by atoms with van der Waals surface area (Å²) in [6.07, 6.45) is 2.39. The Bertz CT molecular complexity index is 1090. The monoisotopic (exact) mass is 403 g/mol. The number of benzene rings is 3. The number of rotatable bonds is 6. The lowest BCUT2D eigenvalue weighted by Crippen LogP contribution is -2.32. The number of aryl methyl sites for hydroxylation is 2. The van der Waals surface area contributed by atoms with E-state index in [-0.39, 0.29) is 0 Å². The van der Waals surface area contributed by atoms with Crippen molar-refractivity contribution in [1.29, 1.82) is 0 Å². The van der Waals surface area contributed by atoms with Gasteiger partial charge in [0.25, 0.3) is 0 Å². The molecule has 0 saturated carbocycles. The lowest BCUT2D eigenvalue weighted by Gasteiger charge is -2.11. The van der Waals surface area contributed by atoms with Gasteiger partial charge in [-0.15, -0.1) is 0 Å². The van der Waals surface area contributed by atoms with Crippen molar-refractivity contribution in [2.24, 2.45) is 5.10 Å². The van der Waals surface area contributed by atoms with Gasteiger partial charge in [-0.1, -0.05) is 55.5 Å². The van der Waals surface area contributed by atoms with E-state index in [2.05, 4.69) is 15.8 Å². The molecule has 0 bridgehead atoms. The van der Waals surface area contributed by atoms with Gasteiger partial charge in [-0.25, -0.2) is 5.43 Å². The van der Waals surface area contributed by atoms with Crippen LogP contribution in [0.4, 0.5) is 5.69 Å². The predicted molar refractivity (Wildman–Crippen MR) is 120 cm³/mol. The molecule has 0 heterocycles. The maximum absolute atomic E-state index is 12.3. The standard InChI is InChI=1S/C24H25N3O3/c1-4-14-30-21-13-12-18-10-5-6-11-19(18)20(21)15-25-27-24(29)23(28)26-22-16(2)8-7-9-17(22)3/h5-13,15H,4,14H2,1-3H3,(H,26,28)(H,27,29)/b25-15-. The molecule has 3 aromatic rings. The zero-order chi connectivity index (χ0) is 21.5. The Labute approximate surface area is 175 Å². The molecule has 2 amide bonds. The van der Waals surface area contributed by atoms with Crippen LogP contribution in [0.3, 0.4) is 0 Å². The summed E-state index contributed by atoms with van der Waals surface area (Å²) in [5.41, 5.74) is 5.44. The first-order chi connectivity index (χ1) is 14.5. The van der Waals surface area contributed by atoms with Gasteiger partial charge in [0.1, 0.15) is 5.75 Å². The summed E-state index contributed by atoms with van der Waals surface area (Å²) < 4.78 is 5.82. The summed E-state index contributed by atoms with van der Waals surface area (Å²) in [5, 5.41) is 8.63. The van der Waals surface area contributed by atoms with E-state index in [1.807, 2.05) is 75.4 Å². The molecular weight excluding hydrogens is 378 g/mol. The molecule has 0 saturated heterocycles. The third-order valence-corrected chi connectivity index (χ3v) is 4.68. The van der Waals surface area contributed by atoms with Gasteiger partial charge in [-0.2, -0.15) is 5.10 Å². The van der Waals surface area contributed by atoms with Crippen molar-refractivity contribution in [3.8, 4) is 5.75 Å². The maximum Gasteiger partial charge on any atom is 0.329 e. The second-order valence-corrected chi connectivity index (χ2v) is 6.97. The van der Waals surface area contributed by atoms with E-state index in [1.54, 1.807) is 0 Å². The second kappa shape index (κ2) is 9.69.